The lowest BCUT2D eigenvalue weighted by Crippen LogP contribution is -2.08. The van der Waals surface area contributed by atoms with E-state index in [1.807, 2.05) is 0 Å². The smallest absolute Gasteiger partial charge is 0.337 e. The quantitative estimate of drug-likeness (QED) is 0.722. The summed E-state index contributed by atoms with van der Waals surface area (Å²) in [5.74, 6) is -0.737. The van der Waals surface area contributed by atoms with Gasteiger partial charge in [-0.3, -0.25) is 0 Å². The van der Waals surface area contributed by atoms with Crippen molar-refractivity contribution in [2.75, 3.05) is 11.1 Å². The third kappa shape index (κ3) is 2.51. The van der Waals surface area contributed by atoms with E-state index in [1.54, 1.807) is 0 Å². The molecule has 8 heteroatoms. The van der Waals surface area contributed by atoms with Gasteiger partial charge in [0.05, 0.1) is 22.8 Å². The number of carboxylic acids is 1. The van der Waals surface area contributed by atoms with Crippen LogP contribution in [-0.4, -0.2) is 21.2 Å². The number of carbonyl (C=O) groups is 1. The molecule has 7 nitrogen and oxygen atoms in total. The number of nitrogens with zero attached hydrogens (tertiary/aromatic N) is 2. The predicted molar refractivity (Wildman–Crippen MR) is 64.4 cm³/mol. The zero-order valence-electron chi connectivity index (χ0n) is 9.05. The number of halogens is 1. The van der Waals surface area contributed by atoms with Crippen LogP contribution in [0.15, 0.2) is 23.0 Å². The Hall–Kier alpha value is -2.28. The highest BCUT2D eigenvalue weighted by Crippen LogP contribution is 2.29. The fraction of sp³-hybridized carbons (Fsp3) is 0.100. The molecular formula is C10H9ClN4O3. The van der Waals surface area contributed by atoms with Gasteiger partial charge in [0, 0.05) is 5.69 Å². The highest BCUT2D eigenvalue weighted by atomic mass is 35.5. The van der Waals surface area contributed by atoms with Crippen molar-refractivity contribution in [3.05, 3.63) is 34.9 Å². The molecule has 1 heterocycles. The molecule has 4 N–H and O–H groups in total. The monoisotopic (exact) mass is 268 g/mol. The van der Waals surface area contributed by atoms with Crippen LogP contribution in [0.2, 0.25) is 5.02 Å². The van der Waals surface area contributed by atoms with Gasteiger partial charge in [0.25, 0.3) is 0 Å². The van der Waals surface area contributed by atoms with E-state index in [2.05, 4.69) is 20.0 Å². The van der Waals surface area contributed by atoms with Crippen molar-refractivity contribution in [1.29, 1.82) is 0 Å². The van der Waals surface area contributed by atoms with Crippen LogP contribution in [-0.2, 0) is 6.54 Å². The molecule has 94 valence electrons. The Balaban J connectivity index is 2.28. The summed E-state index contributed by atoms with van der Waals surface area (Å²) in [6.45, 7) is 0.195. The van der Waals surface area contributed by atoms with Crippen LogP contribution in [0.4, 0.5) is 11.4 Å². The summed E-state index contributed by atoms with van der Waals surface area (Å²) in [7, 11) is 0. The van der Waals surface area contributed by atoms with Gasteiger partial charge in [0.15, 0.2) is 5.82 Å². The zero-order chi connectivity index (χ0) is 13.1. The van der Waals surface area contributed by atoms with E-state index in [0.717, 1.165) is 0 Å². The van der Waals surface area contributed by atoms with Gasteiger partial charge in [-0.25, -0.2) is 4.79 Å². The molecule has 0 bridgehead atoms. The van der Waals surface area contributed by atoms with Gasteiger partial charge in [-0.15, -0.1) is 0 Å². The lowest BCUT2D eigenvalue weighted by molar-refractivity contribution is 0.0698. The van der Waals surface area contributed by atoms with Gasteiger partial charge in [0.2, 0.25) is 6.39 Å². The predicted octanol–water partition coefficient (Wildman–Crippen LogP) is 1.62. The summed E-state index contributed by atoms with van der Waals surface area (Å²) in [6.07, 6.45) is 1.18. The molecule has 0 aliphatic heterocycles. The fourth-order valence-corrected chi connectivity index (χ4v) is 1.71. The van der Waals surface area contributed by atoms with Crippen molar-refractivity contribution in [3.8, 4) is 0 Å². The van der Waals surface area contributed by atoms with Crippen LogP contribution in [0.3, 0.4) is 0 Å². The van der Waals surface area contributed by atoms with Crippen molar-refractivity contribution < 1.29 is 14.4 Å². The van der Waals surface area contributed by atoms with Crippen LogP contribution in [0.1, 0.15) is 16.2 Å². The zero-order valence-corrected chi connectivity index (χ0v) is 9.81. The molecule has 18 heavy (non-hydrogen) atoms. The number of nitrogens with one attached hydrogen (secondary N) is 1. The Morgan fingerprint density at radius 2 is 2.33 bits per heavy atom. The van der Waals surface area contributed by atoms with E-state index in [1.165, 1.54) is 18.5 Å². The first-order chi connectivity index (χ1) is 8.58. The van der Waals surface area contributed by atoms with Crippen LogP contribution in [0.5, 0.6) is 0 Å². The molecular weight excluding hydrogens is 260 g/mol. The van der Waals surface area contributed by atoms with Crippen LogP contribution >= 0.6 is 11.6 Å². The summed E-state index contributed by atoms with van der Waals surface area (Å²) < 4.78 is 4.56. The lowest BCUT2D eigenvalue weighted by atomic mass is 10.1. The van der Waals surface area contributed by atoms with Crippen LogP contribution < -0.4 is 11.1 Å². The minimum Gasteiger partial charge on any atom is -0.478 e. The molecule has 0 fully saturated rings. The van der Waals surface area contributed by atoms with E-state index in [0.29, 0.717) is 5.82 Å². The number of benzene rings is 1. The van der Waals surface area contributed by atoms with Crippen LogP contribution in [0, 0.1) is 0 Å². The Morgan fingerprint density at radius 3 is 2.94 bits per heavy atom. The lowest BCUT2D eigenvalue weighted by Gasteiger charge is -2.11. The largest absolute Gasteiger partial charge is 0.478 e. The second kappa shape index (κ2) is 4.92. The maximum atomic E-state index is 11.1. The highest BCUT2D eigenvalue weighted by Gasteiger charge is 2.15. The summed E-state index contributed by atoms with van der Waals surface area (Å²) >= 11 is 5.95. The van der Waals surface area contributed by atoms with Gasteiger partial charge >= 0.3 is 5.97 Å². The molecule has 0 saturated heterocycles. The first kappa shape index (κ1) is 12.2. The Bertz CT molecular complexity index is 571. The molecule has 0 aliphatic carbocycles. The molecule has 1 aromatic heterocycles. The molecule has 0 radical (unpaired) electrons. The molecule has 2 rings (SSSR count). The molecule has 0 amide bonds. The van der Waals surface area contributed by atoms with Gasteiger partial charge in [-0.2, -0.15) is 4.98 Å². The molecule has 2 aromatic rings. The average molecular weight is 269 g/mol. The standard InChI is InChI=1S/C10H9ClN4O3/c11-7-2-5(12)1-6(10(16)17)9(7)13-3-8-14-4-18-15-8/h1-2,4,13H,3,12H2,(H,16,17). The number of anilines is 2. The number of aromatic carboxylic acids is 1. The number of carboxylic acid groups (broad SMARTS) is 1. The number of rotatable bonds is 4. The molecule has 0 atom stereocenters. The number of nitrogens with two attached hydrogens (primary N) is 1. The highest BCUT2D eigenvalue weighted by molar-refractivity contribution is 6.34. The molecule has 0 spiro atoms. The van der Waals surface area contributed by atoms with Gasteiger partial charge < -0.3 is 20.7 Å². The first-order valence-corrected chi connectivity index (χ1v) is 5.27. The van der Waals surface area contributed by atoms with E-state index >= 15 is 0 Å². The normalized spacial score (nSPS) is 10.3. The summed E-state index contributed by atoms with van der Waals surface area (Å²) in [6, 6.07) is 2.79. The van der Waals surface area contributed by atoms with Crippen molar-refractivity contribution in [1.82, 2.24) is 10.1 Å². The van der Waals surface area contributed by atoms with Crippen molar-refractivity contribution >= 4 is 28.9 Å². The Morgan fingerprint density at radius 1 is 1.56 bits per heavy atom. The number of aromatic nitrogens is 2. The van der Waals surface area contributed by atoms with Gasteiger partial charge in [0.1, 0.15) is 0 Å². The fourth-order valence-electron chi connectivity index (χ4n) is 1.41. The molecule has 1 aromatic carbocycles. The molecule has 0 saturated carbocycles. The number of nitrogen functional groups attached to an aromatic ring is 1. The first-order valence-electron chi connectivity index (χ1n) is 4.89. The maximum Gasteiger partial charge on any atom is 0.337 e. The van der Waals surface area contributed by atoms with Crippen LogP contribution in [0.25, 0.3) is 0 Å². The Labute approximate surface area is 107 Å². The van der Waals surface area contributed by atoms with E-state index in [-0.39, 0.29) is 28.5 Å². The maximum absolute atomic E-state index is 11.1. The van der Waals surface area contributed by atoms with E-state index < -0.39 is 5.97 Å². The second-order valence-corrected chi connectivity index (χ2v) is 3.84. The number of hydrogen-bond acceptors (Lipinski definition) is 6. The molecule has 0 unspecified atom stereocenters. The topological polar surface area (TPSA) is 114 Å². The van der Waals surface area contributed by atoms with E-state index in [9.17, 15) is 4.79 Å². The average Bonchev–Trinajstić information content (AvgIpc) is 2.79. The summed E-state index contributed by atoms with van der Waals surface area (Å²) in [4.78, 5) is 14.9. The van der Waals surface area contributed by atoms with Crippen molar-refractivity contribution in [2.45, 2.75) is 6.54 Å². The van der Waals surface area contributed by atoms with Crippen molar-refractivity contribution in [3.63, 3.8) is 0 Å². The minimum atomic E-state index is -1.13. The second-order valence-electron chi connectivity index (χ2n) is 3.43. The third-order valence-electron chi connectivity index (χ3n) is 2.17. The minimum absolute atomic E-state index is 0.0107. The summed E-state index contributed by atoms with van der Waals surface area (Å²) in [5, 5.41) is 15.7. The number of hydrogen-bond donors (Lipinski definition) is 3. The van der Waals surface area contributed by atoms with E-state index in [4.69, 9.17) is 22.4 Å². The third-order valence-corrected chi connectivity index (χ3v) is 2.47. The van der Waals surface area contributed by atoms with Gasteiger partial charge in [-0.1, -0.05) is 16.8 Å². The summed E-state index contributed by atoms with van der Waals surface area (Å²) in [5.41, 5.74) is 6.08. The van der Waals surface area contributed by atoms with Gasteiger partial charge in [-0.05, 0) is 12.1 Å². The van der Waals surface area contributed by atoms with Crippen molar-refractivity contribution in [2.24, 2.45) is 0 Å². The SMILES string of the molecule is Nc1cc(Cl)c(NCc2ncon2)c(C(=O)O)c1. The molecule has 0 aliphatic rings. The Kier molecular flexibility index (Phi) is 3.33.